The second kappa shape index (κ2) is 5.60. The molecule has 1 aromatic heterocycles. The lowest BCUT2D eigenvalue weighted by Gasteiger charge is -2.09. The highest BCUT2D eigenvalue weighted by atomic mass is 15.0. The predicted molar refractivity (Wildman–Crippen MR) is 74.5 cm³/mol. The summed E-state index contributed by atoms with van der Waals surface area (Å²) in [5.74, 6) is 0.759. The average Bonchev–Trinajstić information content (AvgIpc) is 2.37. The Morgan fingerprint density at radius 3 is 2.78 bits per heavy atom. The molecule has 1 heterocycles. The molecule has 3 N–H and O–H groups in total. The number of benzene rings is 1. The van der Waals surface area contributed by atoms with Gasteiger partial charge < -0.3 is 11.1 Å². The van der Waals surface area contributed by atoms with Gasteiger partial charge in [-0.2, -0.15) is 0 Å². The Morgan fingerprint density at radius 1 is 1.28 bits per heavy atom. The third-order valence-corrected chi connectivity index (χ3v) is 2.72. The molecule has 0 saturated heterocycles. The van der Waals surface area contributed by atoms with Crippen LogP contribution in [-0.2, 0) is 0 Å². The van der Waals surface area contributed by atoms with Crippen LogP contribution in [0.2, 0.25) is 0 Å². The van der Waals surface area contributed by atoms with E-state index < -0.39 is 0 Å². The van der Waals surface area contributed by atoms with Crippen molar-refractivity contribution in [3.05, 3.63) is 41.7 Å². The van der Waals surface area contributed by atoms with E-state index in [1.807, 2.05) is 25.3 Å². The van der Waals surface area contributed by atoms with Gasteiger partial charge in [-0.15, -0.1) is 0 Å². The summed E-state index contributed by atoms with van der Waals surface area (Å²) in [7, 11) is 0. The van der Waals surface area contributed by atoms with Gasteiger partial charge >= 0.3 is 0 Å². The summed E-state index contributed by atoms with van der Waals surface area (Å²) in [4.78, 5) is 8.91. The minimum atomic E-state index is 0.596. The van der Waals surface area contributed by atoms with Crippen LogP contribution in [0.5, 0.6) is 0 Å². The number of hydrogen-bond donors (Lipinski definition) is 2. The van der Waals surface area contributed by atoms with Gasteiger partial charge in [0, 0.05) is 18.7 Å². The van der Waals surface area contributed by atoms with E-state index in [-0.39, 0.29) is 0 Å². The number of rotatable bonds is 4. The first-order valence-electron chi connectivity index (χ1n) is 6.05. The number of anilines is 1. The molecule has 4 nitrogen and oxygen atoms in total. The molecular weight excluding hydrogens is 224 g/mol. The largest absolute Gasteiger partial charge is 0.381 e. The summed E-state index contributed by atoms with van der Waals surface area (Å²) in [5.41, 5.74) is 9.59. The van der Waals surface area contributed by atoms with Crippen molar-refractivity contribution in [3.63, 3.8) is 0 Å². The second-order valence-corrected chi connectivity index (χ2v) is 4.28. The molecule has 0 bridgehead atoms. The predicted octanol–water partition coefficient (Wildman–Crippen LogP) is 2.13. The quantitative estimate of drug-likeness (QED) is 0.862. The molecule has 2 aromatic rings. The first-order valence-corrected chi connectivity index (χ1v) is 6.05. The van der Waals surface area contributed by atoms with E-state index in [4.69, 9.17) is 5.73 Å². The van der Waals surface area contributed by atoms with Crippen molar-refractivity contribution in [1.82, 2.24) is 9.97 Å². The molecule has 0 aliphatic rings. The van der Waals surface area contributed by atoms with Gasteiger partial charge in [-0.3, -0.25) is 0 Å². The molecule has 0 aliphatic carbocycles. The lowest BCUT2D eigenvalue weighted by molar-refractivity contribution is 1.00. The van der Waals surface area contributed by atoms with Crippen LogP contribution in [0.3, 0.4) is 0 Å². The van der Waals surface area contributed by atoms with Crippen molar-refractivity contribution in [2.24, 2.45) is 5.73 Å². The summed E-state index contributed by atoms with van der Waals surface area (Å²) < 4.78 is 0. The molecule has 0 radical (unpaired) electrons. The molecule has 0 aliphatic heterocycles. The summed E-state index contributed by atoms with van der Waals surface area (Å²) in [5, 5.41) is 3.20. The second-order valence-electron chi connectivity index (χ2n) is 4.28. The SMILES string of the molecule is Cc1cccc(-c2ncc(NCCN)c(C)n2)c1. The van der Waals surface area contributed by atoms with Gasteiger partial charge in [-0.25, -0.2) is 9.97 Å². The summed E-state index contributed by atoms with van der Waals surface area (Å²) >= 11 is 0. The minimum Gasteiger partial charge on any atom is -0.381 e. The first-order chi connectivity index (χ1) is 8.70. The highest BCUT2D eigenvalue weighted by molar-refractivity contribution is 5.58. The van der Waals surface area contributed by atoms with Crippen LogP contribution in [-0.4, -0.2) is 23.1 Å². The maximum Gasteiger partial charge on any atom is 0.159 e. The molecule has 0 spiro atoms. The van der Waals surface area contributed by atoms with Crippen LogP contribution in [0.25, 0.3) is 11.4 Å². The van der Waals surface area contributed by atoms with E-state index in [2.05, 4.69) is 34.3 Å². The lowest BCUT2D eigenvalue weighted by Crippen LogP contribution is -2.14. The highest BCUT2D eigenvalue weighted by Crippen LogP contribution is 2.19. The van der Waals surface area contributed by atoms with Crippen molar-refractivity contribution < 1.29 is 0 Å². The third-order valence-electron chi connectivity index (χ3n) is 2.72. The van der Waals surface area contributed by atoms with E-state index in [0.717, 1.165) is 29.3 Å². The number of aryl methyl sites for hydroxylation is 2. The van der Waals surface area contributed by atoms with E-state index in [1.165, 1.54) is 5.56 Å². The Bertz CT molecular complexity index is 537. The maximum atomic E-state index is 5.46. The van der Waals surface area contributed by atoms with Gasteiger partial charge in [0.2, 0.25) is 0 Å². The zero-order chi connectivity index (χ0) is 13.0. The van der Waals surface area contributed by atoms with Gasteiger partial charge in [-0.1, -0.05) is 23.8 Å². The van der Waals surface area contributed by atoms with Crippen LogP contribution in [0.4, 0.5) is 5.69 Å². The molecule has 18 heavy (non-hydrogen) atoms. The van der Waals surface area contributed by atoms with Crippen LogP contribution in [0.15, 0.2) is 30.5 Å². The van der Waals surface area contributed by atoms with E-state index in [9.17, 15) is 0 Å². The van der Waals surface area contributed by atoms with Gasteiger partial charge in [0.1, 0.15) is 0 Å². The topological polar surface area (TPSA) is 63.8 Å². The molecule has 1 aromatic carbocycles. The van der Waals surface area contributed by atoms with Crippen LogP contribution >= 0.6 is 0 Å². The first kappa shape index (κ1) is 12.5. The molecule has 4 heteroatoms. The number of aromatic nitrogens is 2. The molecule has 0 unspecified atom stereocenters. The van der Waals surface area contributed by atoms with Crippen molar-refractivity contribution in [2.75, 3.05) is 18.4 Å². The Kier molecular flexibility index (Phi) is 3.89. The van der Waals surface area contributed by atoms with E-state index >= 15 is 0 Å². The normalized spacial score (nSPS) is 10.4. The van der Waals surface area contributed by atoms with E-state index in [0.29, 0.717) is 6.54 Å². The molecule has 2 rings (SSSR count). The van der Waals surface area contributed by atoms with Crippen molar-refractivity contribution in [1.29, 1.82) is 0 Å². The number of hydrogen-bond acceptors (Lipinski definition) is 4. The van der Waals surface area contributed by atoms with E-state index in [1.54, 1.807) is 0 Å². The number of nitrogens with two attached hydrogens (primary N) is 1. The number of nitrogens with one attached hydrogen (secondary N) is 1. The van der Waals surface area contributed by atoms with Gasteiger partial charge in [0.05, 0.1) is 17.6 Å². The zero-order valence-corrected chi connectivity index (χ0v) is 10.8. The standard InChI is InChI=1S/C14H18N4/c1-10-4-3-5-12(8-10)14-17-9-13(11(2)18-14)16-7-6-15/h3-5,8-9,16H,6-7,15H2,1-2H3. The van der Waals surface area contributed by atoms with Crippen molar-refractivity contribution in [3.8, 4) is 11.4 Å². The van der Waals surface area contributed by atoms with Gasteiger partial charge in [0.15, 0.2) is 5.82 Å². The minimum absolute atomic E-state index is 0.596. The van der Waals surface area contributed by atoms with Crippen molar-refractivity contribution >= 4 is 5.69 Å². The Hall–Kier alpha value is -1.94. The molecule has 0 saturated carbocycles. The fourth-order valence-corrected chi connectivity index (χ4v) is 1.77. The molecule has 0 fully saturated rings. The summed E-state index contributed by atoms with van der Waals surface area (Å²) in [6.45, 7) is 5.36. The maximum absolute atomic E-state index is 5.46. The lowest BCUT2D eigenvalue weighted by atomic mass is 10.1. The van der Waals surface area contributed by atoms with Gasteiger partial charge in [-0.05, 0) is 19.9 Å². The van der Waals surface area contributed by atoms with Crippen LogP contribution < -0.4 is 11.1 Å². The van der Waals surface area contributed by atoms with Gasteiger partial charge in [0.25, 0.3) is 0 Å². The smallest absolute Gasteiger partial charge is 0.159 e. The highest BCUT2D eigenvalue weighted by Gasteiger charge is 2.05. The molecule has 94 valence electrons. The Balaban J connectivity index is 2.28. The monoisotopic (exact) mass is 242 g/mol. The average molecular weight is 242 g/mol. The molecule has 0 atom stereocenters. The van der Waals surface area contributed by atoms with Crippen molar-refractivity contribution in [2.45, 2.75) is 13.8 Å². The number of nitrogens with zero attached hydrogens (tertiary/aromatic N) is 2. The fraction of sp³-hybridized carbons (Fsp3) is 0.286. The zero-order valence-electron chi connectivity index (χ0n) is 10.8. The summed E-state index contributed by atoms with van der Waals surface area (Å²) in [6, 6.07) is 8.19. The van der Waals surface area contributed by atoms with Crippen LogP contribution in [0, 0.1) is 13.8 Å². The third kappa shape index (κ3) is 2.84. The molecular formula is C14H18N4. The summed E-state index contributed by atoms with van der Waals surface area (Å²) in [6.07, 6.45) is 1.82. The Morgan fingerprint density at radius 2 is 2.11 bits per heavy atom. The fourth-order valence-electron chi connectivity index (χ4n) is 1.77. The molecule has 0 amide bonds. The van der Waals surface area contributed by atoms with Crippen LogP contribution in [0.1, 0.15) is 11.3 Å². The Labute approximate surface area is 107 Å².